The molecule has 22 heavy (non-hydrogen) atoms. The zero-order chi connectivity index (χ0) is 14.8. The van der Waals surface area contributed by atoms with E-state index in [2.05, 4.69) is 6.07 Å². The van der Waals surface area contributed by atoms with Crippen LogP contribution in [0.1, 0.15) is 0 Å². The van der Waals surface area contributed by atoms with Gasteiger partial charge in [0.1, 0.15) is 25.9 Å². The predicted octanol–water partition coefficient (Wildman–Crippen LogP) is 3.39. The highest BCUT2D eigenvalue weighted by Gasteiger charge is 2.21. The number of benzene rings is 2. The van der Waals surface area contributed by atoms with Gasteiger partial charge in [-0.1, -0.05) is 12.1 Å². The van der Waals surface area contributed by atoms with Crippen molar-refractivity contribution in [2.45, 2.75) is 11.0 Å². The van der Waals surface area contributed by atoms with Crippen LogP contribution in [0.25, 0.3) is 0 Å². The van der Waals surface area contributed by atoms with Crippen molar-refractivity contribution < 1.29 is 18.9 Å². The molecule has 0 aliphatic carbocycles. The maximum atomic E-state index is 5.96. The van der Waals surface area contributed by atoms with E-state index in [0.717, 1.165) is 33.6 Å². The number of ether oxygens (including phenoxy) is 4. The Morgan fingerprint density at radius 2 is 1.64 bits per heavy atom. The van der Waals surface area contributed by atoms with Crippen LogP contribution >= 0.6 is 11.8 Å². The third-order valence-electron chi connectivity index (χ3n) is 3.52. The smallest absolute Gasteiger partial charge is 0.162 e. The van der Waals surface area contributed by atoms with Gasteiger partial charge in [-0.2, -0.15) is 0 Å². The highest BCUT2D eigenvalue weighted by molar-refractivity contribution is 7.99. The fraction of sp³-hybridized carbons (Fsp3) is 0.294. The second kappa shape index (κ2) is 6.01. The second-order valence-corrected chi connectivity index (χ2v) is 6.21. The molecule has 2 aliphatic rings. The zero-order valence-corrected chi connectivity index (χ0v) is 12.8. The molecule has 0 N–H and O–H groups in total. The molecule has 0 amide bonds. The number of hydrogen-bond acceptors (Lipinski definition) is 5. The Morgan fingerprint density at radius 3 is 2.55 bits per heavy atom. The Balaban J connectivity index is 1.39. The van der Waals surface area contributed by atoms with Crippen molar-refractivity contribution >= 4 is 11.8 Å². The van der Waals surface area contributed by atoms with Gasteiger partial charge < -0.3 is 18.9 Å². The Kier molecular flexibility index (Phi) is 3.72. The van der Waals surface area contributed by atoms with E-state index in [4.69, 9.17) is 18.9 Å². The van der Waals surface area contributed by atoms with E-state index in [-0.39, 0.29) is 6.10 Å². The monoisotopic (exact) mass is 316 g/mol. The van der Waals surface area contributed by atoms with Crippen LogP contribution in [-0.4, -0.2) is 31.7 Å². The van der Waals surface area contributed by atoms with Crippen LogP contribution in [-0.2, 0) is 0 Å². The number of rotatable bonds is 3. The summed E-state index contributed by atoms with van der Waals surface area (Å²) in [7, 11) is 0. The summed E-state index contributed by atoms with van der Waals surface area (Å²) in [5.41, 5.74) is 0. The number of thioether (sulfide) groups is 1. The van der Waals surface area contributed by atoms with E-state index >= 15 is 0 Å². The van der Waals surface area contributed by atoms with Crippen LogP contribution in [0.2, 0.25) is 0 Å². The maximum absolute atomic E-state index is 5.96. The molecular formula is C17H16O4S. The van der Waals surface area contributed by atoms with Gasteiger partial charge in [0.15, 0.2) is 23.0 Å². The van der Waals surface area contributed by atoms with Crippen molar-refractivity contribution in [3.8, 4) is 23.0 Å². The molecule has 0 saturated heterocycles. The number of para-hydroxylation sites is 2. The molecule has 2 aliphatic heterocycles. The Hall–Kier alpha value is -2.01. The molecule has 2 aromatic carbocycles. The lowest BCUT2D eigenvalue weighted by Crippen LogP contribution is -2.31. The molecule has 0 spiro atoms. The first-order chi connectivity index (χ1) is 10.9. The van der Waals surface area contributed by atoms with Gasteiger partial charge in [-0.05, 0) is 30.3 Å². The van der Waals surface area contributed by atoms with Gasteiger partial charge in [0, 0.05) is 10.6 Å². The molecule has 0 aromatic heterocycles. The lowest BCUT2D eigenvalue weighted by Gasteiger charge is -2.26. The van der Waals surface area contributed by atoms with Crippen molar-refractivity contribution in [2.75, 3.05) is 25.6 Å². The summed E-state index contributed by atoms with van der Waals surface area (Å²) in [6.07, 6.45) is 0.0492. The molecular weight excluding hydrogens is 300 g/mol. The third-order valence-corrected chi connectivity index (χ3v) is 4.64. The molecule has 114 valence electrons. The molecule has 0 radical (unpaired) electrons. The summed E-state index contributed by atoms with van der Waals surface area (Å²) in [6, 6.07) is 13.8. The number of hydrogen-bond donors (Lipinski definition) is 0. The van der Waals surface area contributed by atoms with Crippen molar-refractivity contribution in [3.63, 3.8) is 0 Å². The van der Waals surface area contributed by atoms with Gasteiger partial charge in [0.05, 0.1) is 0 Å². The predicted molar refractivity (Wildman–Crippen MR) is 84.5 cm³/mol. The maximum Gasteiger partial charge on any atom is 0.162 e. The molecule has 5 heteroatoms. The summed E-state index contributed by atoms with van der Waals surface area (Å²) in [6.45, 7) is 1.80. The topological polar surface area (TPSA) is 36.9 Å². The van der Waals surface area contributed by atoms with E-state index in [1.54, 1.807) is 11.8 Å². The first-order valence-electron chi connectivity index (χ1n) is 7.29. The van der Waals surface area contributed by atoms with Crippen LogP contribution in [0.5, 0.6) is 23.0 Å². The summed E-state index contributed by atoms with van der Waals surface area (Å²) < 4.78 is 22.8. The normalized spacial score (nSPS) is 18.8. The minimum absolute atomic E-state index is 0.0492. The molecule has 2 heterocycles. The van der Waals surface area contributed by atoms with Gasteiger partial charge in [-0.3, -0.25) is 0 Å². The second-order valence-electron chi connectivity index (χ2n) is 5.11. The van der Waals surface area contributed by atoms with Crippen molar-refractivity contribution in [1.29, 1.82) is 0 Å². The van der Waals surface area contributed by atoms with Gasteiger partial charge in [0.25, 0.3) is 0 Å². The highest BCUT2D eigenvalue weighted by atomic mass is 32.2. The third kappa shape index (κ3) is 2.81. The fourth-order valence-corrected chi connectivity index (χ4v) is 3.35. The molecule has 1 atom stereocenters. The van der Waals surface area contributed by atoms with E-state index in [9.17, 15) is 0 Å². The van der Waals surface area contributed by atoms with Gasteiger partial charge in [-0.25, -0.2) is 0 Å². The molecule has 0 fully saturated rings. The van der Waals surface area contributed by atoms with E-state index in [0.29, 0.717) is 19.8 Å². The molecule has 0 bridgehead atoms. The summed E-state index contributed by atoms with van der Waals surface area (Å²) in [4.78, 5) is 1.15. The SMILES string of the molecule is c1ccc2c(c1)OCC(CSc1ccc3c(c1)OCCO3)O2. The summed E-state index contributed by atoms with van der Waals surface area (Å²) in [5.74, 6) is 4.11. The molecule has 4 nitrogen and oxygen atoms in total. The van der Waals surface area contributed by atoms with Crippen LogP contribution < -0.4 is 18.9 Å². The summed E-state index contributed by atoms with van der Waals surface area (Å²) >= 11 is 1.73. The van der Waals surface area contributed by atoms with E-state index in [1.165, 1.54) is 0 Å². The van der Waals surface area contributed by atoms with E-state index in [1.807, 2.05) is 36.4 Å². The Bertz CT molecular complexity index is 673. The lowest BCUT2D eigenvalue weighted by molar-refractivity contribution is 0.107. The van der Waals surface area contributed by atoms with E-state index < -0.39 is 0 Å². The average molecular weight is 316 g/mol. The first-order valence-corrected chi connectivity index (χ1v) is 8.28. The Labute approximate surface area is 133 Å². The molecule has 2 aromatic rings. The molecule has 4 rings (SSSR count). The van der Waals surface area contributed by atoms with Gasteiger partial charge >= 0.3 is 0 Å². The summed E-state index contributed by atoms with van der Waals surface area (Å²) in [5, 5.41) is 0. The zero-order valence-electron chi connectivity index (χ0n) is 12.0. The van der Waals surface area contributed by atoms with Gasteiger partial charge in [-0.15, -0.1) is 11.8 Å². The van der Waals surface area contributed by atoms with Crippen molar-refractivity contribution in [2.24, 2.45) is 0 Å². The largest absolute Gasteiger partial charge is 0.486 e. The minimum Gasteiger partial charge on any atom is -0.486 e. The average Bonchev–Trinajstić information content (AvgIpc) is 2.59. The van der Waals surface area contributed by atoms with Crippen LogP contribution in [0.15, 0.2) is 47.4 Å². The number of fused-ring (bicyclic) bond motifs is 2. The molecule has 1 unspecified atom stereocenters. The fourth-order valence-electron chi connectivity index (χ4n) is 2.45. The van der Waals surface area contributed by atoms with Crippen LogP contribution in [0, 0.1) is 0 Å². The lowest BCUT2D eigenvalue weighted by atomic mass is 10.3. The quantitative estimate of drug-likeness (QED) is 0.811. The Morgan fingerprint density at radius 1 is 0.864 bits per heavy atom. The van der Waals surface area contributed by atoms with Crippen LogP contribution in [0.3, 0.4) is 0 Å². The van der Waals surface area contributed by atoms with Crippen molar-refractivity contribution in [1.82, 2.24) is 0 Å². The van der Waals surface area contributed by atoms with Crippen LogP contribution in [0.4, 0.5) is 0 Å². The molecule has 0 saturated carbocycles. The highest BCUT2D eigenvalue weighted by Crippen LogP contribution is 2.36. The standard InChI is InChI=1S/C17H16O4S/c1-2-4-16-14(3-1)20-10-12(21-16)11-22-13-5-6-15-17(9-13)19-8-7-18-15/h1-6,9,12H,7-8,10-11H2. The minimum atomic E-state index is 0.0492. The first kappa shape index (κ1) is 13.6. The van der Waals surface area contributed by atoms with Gasteiger partial charge in [0.2, 0.25) is 0 Å². The van der Waals surface area contributed by atoms with Crippen molar-refractivity contribution in [3.05, 3.63) is 42.5 Å².